The van der Waals surface area contributed by atoms with Gasteiger partial charge in [0, 0.05) is 17.8 Å². The first kappa shape index (κ1) is 15.4. The summed E-state index contributed by atoms with van der Waals surface area (Å²) in [6, 6.07) is 14.3. The Balaban J connectivity index is 1.86. The number of rotatable bonds is 6. The lowest BCUT2D eigenvalue weighted by Gasteiger charge is -2.08. The molecule has 1 N–H and O–H groups in total. The third-order valence-electron chi connectivity index (χ3n) is 2.71. The second kappa shape index (κ2) is 7.67. The maximum Gasteiger partial charge on any atom is 0.262 e. The predicted molar refractivity (Wildman–Crippen MR) is 82.7 cm³/mol. The van der Waals surface area contributed by atoms with Gasteiger partial charge in [-0.25, -0.2) is 0 Å². The van der Waals surface area contributed by atoms with Crippen LogP contribution in [0.3, 0.4) is 0 Å². The number of ether oxygens (including phenoxy) is 2. The average Bonchev–Trinajstić information content (AvgIpc) is 2.47. The Bertz CT molecular complexity index is 599. The summed E-state index contributed by atoms with van der Waals surface area (Å²) in [5.41, 5.74) is 1.71. The van der Waals surface area contributed by atoms with Gasteiger partial charge in [0.05, 0.1) is 6.61 Å². The Kier molecular flexibility index (Phi) is 5.60. The van der Waals surface area contributed by atoms with Crippen LogP contribution in [0.4, 0.5) is 5.69 Å². The van der Waals surface area contributed by atoms with Crippen LogP contribution in [0.5, 0.6) is 5.75 Å². The summed E-state index contributed by atoms with van der Waals surface area (Å²) >= 11 is 5.78. The Morgan fingerprint density at radius 2 is 1.95 bits per heavy atom. The van der Waals surface area contributed by atoms with Crippen LogP contribution < -0.4 is 10.1 Å². The smallest absolute Gasteiger partial charge is 0.262 e. The maximum absolute atomic E-state index is 11.8. The Labute approximate surface area is 128 Å². The summed E-state index contributed by atoms with van der Waals surface area (Å²) in [4.78, 5) is 11.8. The number of carbonyl (C=O) groups is 1. The van der Waals surface area contributed by atoms with Crippen LogP contribution in [-0.2, 0) is 16.1 Å². The van der Waals surface area contributed by atoms with Gasteiger partial charge in [0.15, 0.2) is 6.61 Å². The van der Waals surface area contributed by atoms with Crippen LogP contribution >= 0.6 is 11.6 Å². The van der Waals surface area contributed by atoms with Crippen molar-refractivity contribution >= 4 is 23.2 Å². The average molecular weight is 306 g/mol. The number of nitrogens with one attached hydrogen (secondary N) is 1. The van der Waals surface area contributed by atoms with E-state index in [-0.39, 0.29) is 12.5 Å². The molecule has 0 aromatic heterocycles. The zero-order valence-corrected chi connectivity index (χ0v) is 12.4. The number of anilines is 1. The molecule has 0 aliphatic heterocycles. The third kappa shape index (κ3) is 5.10. The highest BCUT2D eigenvalue weighted by Crippen LogP contribution is 2.16. The van der Waals surface area contributed by atoms with E-state index in [2.05, 4.69) is 5.32 Å². The summed E-state index contributed by atoms with van der Waals surface area (Å²) in [5, 5.41) is 3.40. The molecule has 0 aliphatic rings. The molecule has 0 saturated carbocycles. The van der Waals surface area contributed by atoms with E-state index in [1.54, 1.807) is 31.4 Å². The summed E-state index contributed by atoms with van der Waals surface area (Å²) in [7, 11) is 1.63. The number of halogens is 1. The molecular formula is C16H16ClNO3. The standard InChI is InChI=1S/C16H16ClNO3/c1-20-10-12-3-2-4-14(9-12)18-16(19)11-21-15-7-5-13(17)6-8-15/h2-9H,10-11H2,1H3,(H,18,19). The molecule has 0 aliphatic carbocycles. The molecule has 0 radical (unpaired) electrons. The normalized spacial score (nSPS) is 10.2. The fourth-order valence-corrected chi connectivity index (χ4v) is 1.91. The van der Waals surface area contributed by atoms with E-state index in [0.29, 0.717) is 23.1 Å². The van der Waals surface area contributed by atoms with Crippen LogP contribution in [0.1, 0.15) is 5.56 Å². The quantitative estimate of drug-likeness (QED) is 0.888. The van der Waals surface area contributed by atoms with Crippen molar-refractivity contribution in [1.29, 1.82) is 0 Å². The van der Waals surface area contributed by atoms with E-state index in [1.807, 2.05) is 24.3 Å². The molecule has 110 valence electrons. The first-order valence-electron chi connectivity index (χ1n) is 6.43. The lowest BCUT2D eigenvalue weighted by atomic mass is 10.2. The van der Waals surface area contributed by atoms with Gasteiger partial charge in [-0.2, -0.15) is 0 Å². The lowest BCUT2D eigenvalue weighted by molar-refractivity contribution is -0.118. The Morgan fingerprint density at radius 3 is 2.67 bits per heavy atom. The van der Waals surface area contributed by atoms with Crippen LogP contribution in [0, 0.1) is 0 Å². The van der Waals surface area contributed by atoms with E-state index in [9.17, 15) is 4.79 Å². The molecule has 2 rings (SSSR count). The van der Waals surface area contributed by atoms with Gasteiger partial charge in [0.1, 0.15) is 5.75 Å². The van der Waals surface area contributed by atoms with Crippen molar-refractivity contribution < 1.29 is 14.3 Å². The maximum atomic E-state index is 11.8. The first-order valence-corrected chi connectivity index (χ1v) is 6.81. The highest BCUT2D eigenvalue weighted by atomic mass is 35.5. The van der Waals surface area contributed by atoms with Crippen molar-refractivity contribution in [3.63, 3.8) is 0 Å². The minimum atomic E-state index is -0.223. The summed E-state index contributed by atoms with van der Waals surface area (Å²) in [5.74, 6) is 0.377. The number of amides is 1. The molecule has 0 spiro atoms. The highest BCUT2D eigenvalue weighted by Gasteiger charge is 2.04. The molecule has 2 aromatic rings. The zero-order chi connectivity index (χ0) is 15.1. The molecule has 4 nitrogen and oxygen atoms in total. The van der Waals surface area contributed by atoms with Gasteiger partial charge < -0.3 is 14.8 Å². The van der Waals surface area contributed by atoms with Crippen molar-refractivity contribution in [1.82, 2.24) is 0 Å². The highest BCUT2D eigenvalue weighted by molar-refractivity contribution is 6.30. The second-order valence-corrected chi connectivity index (χ2v) is 4.86. The fourth-order valence-electron chi connectivity index (χ4n) is 1.78. The van der Waals surface area contributed by atoms with Crippen molar-refractivity contribution in [2.24, 2.45) is 0 Å². The molecule has 0 unspecified atom stereocenters. The van der Waals surface area contributed by atoms with Crippen LogP contribution in [0.15, 0.2) is 48.5 Å². The topological polar surface area (TPSA) is 47.6 Å². The van der Waals surface area contributed by atoms with Gasteiger partial charge in [-0.1, -0.05) is 23.7 Å². The van der Waals surface area contributed by atoms with Crippen molar-refractivity contribution in [2.45, 2.75) is 6.61 Å². The number of hydrogen-bond donors (Lipinski definition) is 1. The first-order chi connectivity index (χ1) is 10.2. The zero-order valence-electron chi connectivity index (χ0n) is 11.6. The molecule has 0 saturated heterocycles. The second-order valence-electron chi connectivity index (χ2n) is 4.42. The molecule has 1 amide bonds. The van der Waals surface area contributed by atoms with Gasteiger partial charge >= 0.3 is 0 Å². The molecule has 0 bridgehead atoms. The van der Waals surface area contributed by atoms with Crippen molar-refractivity contribution in [3.8, 4) is 5.75 Å². The Hall–Kier alpha value is -2.04. The molecule has 0 heterocycles. The largest absolute Gasteiger partial charge is 0.484 e. The van der Waals surface area contributed by atoms with Gasteiger partial charge in [-0.05, 0) is 42.0 Å². The van der Waals surface area contributed by atoms with Crippen LogP contribution in [-0.4, -0.2) is 19.6 Å². The van der Waals surface area contributed by atoms with Gasteiger partial charge in [-0.15, -0.1) is 0 Å². The molecule has 2 aromatic carbocycles. The minimum absolute atomic E-state index is 0.0594. The van der Waals surface area contributed by atoms with E-state index in [4.69, 9.17) is 21.1 Å². The summed E-state index contributed by atoms with van der Waals surface area (Å²) in [6.45, 7) is 0.446. The van der Waals surface area contributed by atoms with E-state index < -0.39 is 0 Å². The Morgan fingerprint density at radius 1 is 1.19 bits per heavy atom. The van der Waals surface area contributed by atoms with E-state index in [1.165, 1.54) is 0 Å². The number of methoxy groups -OCH3 is 1. The monoisotopic (exact) mass is 305 g/mol. The number of carbonyl (C=O) groups excluding carboxylic acids is 1. The summed E-state index contributed by atoms with van der Waals surface area (Å²) in [6.07, 6.45) is 0. The van der Waals surface area contributed by atoms with E-state index >= 15 is 0 Å². The van der Waals surface area contributed by atoms with E-state index in [0.717, 1.165) is 5.56 Å². The van der Waals surface area contributed by atoms with Crippen molar-refractivity contribution in [2.75, 3.05) is 19.0 Å². The van der Waals surface area contributed by atoms with Crippen LogP contribution in [0.2, 0.25) is 5.02 Å². The van der Waals surface area contributed by atoms with Gasteiger partial charge in [0.25, 0.3) is 5.91 Å². The summed E-state index contributed by atoms with van der Waals surface area (Å²) < 4.78 is 10.4. The van der Waals surface area contributed by atoms with Gasteiger partial charge in [-0.3, -0.25) is 4.79 Å². The molecule has 5 heteroatoms. The number of hydrogen-bond acceptors (Lipinski definition) is 3. The fraction of sp³-hybridized carbons (Fsp3) is 0.188. The minimum Gasteiger partial charge on any atom is -0.484 e. The number of benzene rings is 2. The molecule has 0 fully saturated rings. The molecular weight excluding hydrogens is 290 g/mol. The SMILES string of the molecule is COCc1cccc(NC(=O)COc2ccc(Cl)cc2)c1. The molecule has 0 atom stereocenters. The molecule has 21 heavy (non-hydrogen) atoms. The van der Waals surface area contributed by atoms with Gasteiger partial charge in [0.2, 0.25) is 0 Å². The third-order valence-corrected chi connectivity index (χ3v) is 2.96. The van der Waals surface area contributed by atoms with Crippen LogP contribution in [0.25, 0.3) is 0 Å². The van der Waals surface area contributed by atoms with Crippen molar-refractivity contribution in [3.05, 3.63) is 59.1 Å². The predicted octanol–water partition coefficient (Wildman–Crippen LogP) is 3.50. The lowest BCUT2D eigenvalue weighted by Crippen LogP contribution is -2.20.